The van der Waals surface area contributed by atoms with Crippen molar-refractivity contribution in [1.29, 1.82) is 0 Å². The SMILES string of the molecule is O=C(CSc1ncc(C(F)(F)F)cc1Cl)Nc1ccc(Cl)c(S(=O)(=O)N2CCOCC2)c1. The fourth-order valence-electron chi connectivity index (χ4n) is 2.72. The average molecular weight is 530 g/mol. The van der Waals surface area contributed by atoms with Gasteiger partial charge in [0.05, 0.1) is 34.6 Å². The Bertz CT molecular complexity index is 1110. The molecule has 1 saturated heterocycles. The molecular weight excluding hydrogens is 514 g/mol. The number of alkyl halides is 3. The summed E-state index contributed by atoms with van der Waals surface area (Å²) in [4.78, 5) is 15.8. The Kier molecular flexibility index (Phi) is 7.94. The molecule has 0 radical (unpaired) electrons. The van der Waals surface area contributed by atoms with E-state index in [9.17, 15) is 26.4 Å². The largest absolute Gasteiger partial charge is 0.417 e. The molecule has 0 aliphatic carbocycles. The van der Waals surface area contributed by atoms with Gasteiger partial charge >= 0.3 is 6.18 Å². The van der Waals surface area contributed by atoms with Crippen LogP contribution in [0.3, 0.4) is 0 Å². The molecule has 0 unspecified atom stereocenters. The molecule has 2 aromatic rings. The third-order valence-corrected chi connectivity index (χ3v) is 8.06. The lowest BCUT2D eigenvalue weighted by atomic mass is 10.3. The van der Waals surface area contributed by atoms with Crippen molar-refractivity contribution in [2.75, 3.05) is 37.4 Å². The van der Waals surface area contributed by atoms with E-state index < -0.39 is 27.7 Å². The van der Waals surface area contributed by atoms with Gasteiger partial charge in [-0.05, 0) is 24.3 Å². The molecule has 1 aromatic carbocycles. The molecule has 1 amide bonds. The Hall–Kier alpha value is -1.57. The third kappa shape index (κ3) is 6.06. The van der Waals surface area contributed by atoms with Gasteiger partial charge in [0.1, 0.15) is 9.92 Å². The normalized spacial score (nSPS) is 15.5. The highest BCUT2D eigenvalue weighted by atomic mass is 35.5. The minimum Gasteiger partial charge on any atom is -0.379 e. The molecule has 1 N–H and O–H groups in total. The summed E-state index contributed by atoms with van der Waals surface area (Å²) < 4.78 is 70.2. The van der Waals surface area contributed by atoms with Crippen LogP contribution in [0.15, 0.2) is 40.4 Å². The molecular formula is C18H16Cl2F3N3O4S2. The number of halogens is 5. The minimum absolute atomic E-state index is 0.00426. The number of hydrogen-bond donors (Lipinski definition) is 1. The fraction of sp³-hybridized carbons (Fsp3) is 0.333. The van der Waals surface area contributed by atoms with Crippen molar-refractivity contribution in [3.8, 4) is 0 Å². The number of nitrogens with zero attached hydrogens (tertiary/aromatic N) is 2. The number of amides is 1. The Morgan fingerprint density at radius 1 is 1.19 bits per heavy atom. The van der Waals surface area contributed by atoms with E-state index in [4.69, 9.17) is 27.9 Å². The van der Waals surface area contributed by atoms with Crippen LogP contribution in [-0.4, -0.2) is 55.7 Å². The van der Waals surface area contributed by atoms with Crippen LogP contribution >= 0.6 is 35.0 Å². The molecule has 0 atom stereocenters. The molecule has 0 bridgehead atoms. The van der Waals surface area contributed by atoms with E-state index in [1.54, 1.807) is 0 Å². The van der Waals surface area contributed by atoms with Gasteiger partial charge in [-0.1, -0.05) is 35.0 Å². The second-order valence-electron chi connectivity index (χ2n) is 6.51. The van der Waals surface area contributed by atoms with Gasteiger partial charge in [0.15, 0.2) is 0 Å². The lowest BCUT2D eigenvalue weighted by Crippen LogP contribution is -2.40. The summed E-state index contributed by atoms with van der Waals surface area (Å²) in [6.45, 7) is 0.912. The van der Waals surface area contributed by atoms with Crippen molar-refractivity contribution in [2.45, 2.75) is 16.1 Å². The lowest BCUT2D eigenvalue weighted by Gasteiger charge is -2.26. The summed E-state index contributed by atoms with van der Waals surface area (Å²) in [5.41, 5.74) is -0.801. The zero-order valence-corrected chi connectivity index (χ0v) is 19.3. The van der Waals surface area contributed by atoms with Gasteiger partial charge in [0, 0.05) is 25.0 Å². The third-order valence-electron chi connectivity index (χ3n) is 4.28. The zero-order chi connectivity index (χ0) is 23.5. The van der Waals surface area contributed by atoms with Crippen LogP contribution in [0.4, 0.5) is 18.9 Å². The van der Waals surface area contributed by atoms with Crippen molar-refractivity contribution in [1.82, 2.24) is 9.29 Å². The number of morpholine rings is 1. The van der Waals surface area contributed by atoms with Crippen LogP contribution in [0.2, 0.25) is 10.0 Å². The quantitative estimate of drug-likeness (QED) is 0.565. The van der Waals surface area contributed by atoms with E-state index in [1.165, 1.54) is 22.5 Å². The summed E-state index contributed by atoms with van der Waals surface area (Å²) in [5, 5.41) is 2.36. The van der Waals surface area contributed by atoms with Gasteiger partial charge in [-0.2, -0.15) is 17.5 Å². The van der Waals surface area contributed by atoms with E-state index in [0.29, 0.717) is 6.20 Å². The maximum absolute atomic E-state index is 12.9. The summed E-state index contributed by atoms with van der Waals surface area (Å²) >= 11 is 12.8. The Labute approximate surface area is 196 Å². The van der Waals surface area contributed by atoms with Gasteiger partial charge in [0.25, 0.3) is 0 Å². The molecule has 2 heterocycles. The summed E-state index contributed by atoms with van der Waals surface area (Å²) in [6.07, 6.45) is -3.95. The molecule has 14 heteroatoms. The Morgan fingerprint density at radius 2 is 1.88 bits per heavy atom. The molecule has 1 aromatic heterocycles. The number of nitrogens with one attached hydrogen (secondary N) is 1. The first-order chi connectivity index (χ1) is 15.0. The molecule has 1 aliphatic rings. The Balaban J connectivity index is 1.68. The first-order valence-electron chi connectivity index (χ1n) is 9.01. The van der Waals surface area contributed by atoms with Crippen LogP contribution in [-0.2, 0) is 25.7 Å². The number of aromatic nitrogens is 1. The minimum atomic E-state index is -4.58. The van der Waals surface area contributed by atoms with Crippen molar-refractivity contribution >= 4 is 56.6 Å². The van der Waals surface area contributed by atoms with Crippen LogP contribution in [0.5, 0.6) is 0 Å². The maximum atomic E-state index is 12.9. The first-order valence-corrected chi connectivity index (χ1v) is 12.2. The van der Waals surface area contributed by atoms with Crippen LogP contribution < -0.4 is 5.32 Å². The topological polar surface area (TPSA) is 88.6 Å². The van der Waals surface area contributed by atoms with Gasteiger partial charge in [0.2, 0.25) is 15.9 Å². The molecule has 7 nitrogen and oxygen atoms in total. The number of pyridine rings is 1. The van der Waals surface area contributed by atoms with Gasteiger partial charge in [-0.3, -0.25) is 4.79 Å². The van der Waals surface area contributed by atoms with Crippen LogP contribution in [0.1, 0.15) is 5.56 Å². The summed E-state index contributed by atoms with van der Waals surface area (Å²) in [5.74, 6) is -0.753. The monoisotopic (exact) mass is 529 g/mol. The van der Waals surface area contributed by atoms with E-state index in [0.717, 1.165) is 17.8 Å². The highest BCUT2D eigenvalue weighted by Crippen LogP contribution is 2.34. The van der Waals surface area contributed by atoms with Crippen molar-refractivity contribution in [2.24, 2.45) is 0 Å². The molecule has 32 heavy (non-hydrogen) atoms. The molecule has 1 fully saturated rings. The summed E-state index contributed by atoms with van der Waals surface area (Å²) in [7, 11) is -3.88. The average Bonchev–Trinajstić information content (AvgIpc) is 2.74. The van der Waals surface area contributed by atoms with Gasteiger partial charge in [-0.15, -0.1) is 0 Å². The smallest absolute Gasteiger partial charge is 0.379 e. The molecule has 3 rings (SSSR count). The number of rotatable bonds is 6. The van der Waals surface area contributed by atoms with Crippen molar-refractivity contribution in [3.63, 3.8) is 0 Å². The standard InChI is InChI=1S/C18H16Cl2F3N3O4S2/c19-13-2-1-12(8-15(13)32(28,29)26-3-5-30-6-4-26)25-16(27)10-31-17-14(20)7-11(9-24-17)18(21,22)23/h1-2,7-9H,3-6,10H2,(H,25,27). The lowest BCUT2D eigenvalue weighted by molar-refractivity contribution is -0.137. The van der Waals surface area contributed by atoms with E-state index in [2.05, 4.69) is 10.3 Å². The zero-order valence-electron chi connectivity index (χ0n) is 16.2. The number of ether oxygens (including phenoxy) is 1. The second kappa shape index (κ2) is 10.1. The molecule has 1 aliphatic heterocycles. The number of hydrogen-bond acceptors (Lipinski definition) is 6. The second-order valence-corrected chi connectivity index (χ2v) is 10.2. The molecule has 0 spiro atoms. The number of carbonyl (C=O) groups excluding carboxylic acids is 1. The predicted molar refractivity (Wildman–Crippen MR) is 115 cm³/mol. The van der Waals surface area contributed by atoms with E-state index >= 15 is 0 Å². The number of carbonyl (C=O) groups is 1. The van der Waals surface area contributed by atoms with Crippen LogP contribution in [0.25, 0.3) is 0 Å². The molecule has 0 saturated carbocycles. The van der Waals surface area contributed by atoms with Crippen LogP contribution in [0, 0.1) is 0 Å². The number of benzene rings is 1. The number of thioether (sulfide) groups is 1. The van der Waals surface area contributed by atoms with Gasteiger partial charge in [-0.25, -0.2) is 13.4 Å². The van der Waals surface area contributed by atoms with Crippen molar-refractivity contribution < 1.29 is 31.1 Å². The van der Waals surface area contributed by atoms with E-state index in [-0.39, 0.29) is 57.7 Å². The molecule has 174 valence electrons. The Morgan fingerprint density at radius 3 is 2.50 bits per heavy atom. The fourth-order valence-corrected chi connectivity index (χ4v) is 5.62. The maximum Gasteiger partial charge on any atom is 0.417 e. The number of sulfonamides is 1. The van der Waals surface area contributed by atoms with E-state index in [1.807, 2.05) is 0 Å². The summed E-state index contributed by atoms with van der Waals surface area (Å²) in [6, 6.07) is 4.77. The van der Waals surface area contributed by atoms with Gasteiger partial charge < -0.3 is 10.1 Å². The number of anilines is 1. The highest BCUT2D eigenvalue weighted by Gasteiger charge is 2.32. The predicted octanol–water partition coefficient (Wildman–Crippen LogP) is 4.16. The van der Waals surface area contributed by atoms with Crippen molar-refractivity contribution in [3.05, 3.63) is 46.1 Å². The first kappa shape index (κ1) is 25.1. The highest BCUT2D eigenvalue weighted by molar-refractivity contribution is 8.00.